The van der Waals surface area contributed by atoms with Crippen LogP contribution in [0.5, 0.6) is 0 Å². The van der Waals surface area contributed by atoms with Gasteiger partial charge in [-0.1, -0.05) is 50.1 Å². The molecule has 3 nitrogen and oxygen atoms in total. The average molecular weight is 317 g/mol. The van der Waals surface area contributed by atoms with Gasteiger partial charge in [-0.3, -0.25) is 4.79 Å². The highest BCUT2D eigenvalue weighted by Gasteiger charge is 2.27. The van der Waals surface area contributed by atoms with Crippen molar-refractivity contribution in [3.05, 3.63) is 35.9 Å². The first-order chi connectivity index (χ1) is 11.2. The van der Waals surface area contributed by atoms with Crippen LogP contribution in [0.25, 0.3) is 0 Å². The first kappa shape index (κ1) is 18.0. The Morgan fingerprint density at radius 1 is 1.17 bits per heavy atom. The molecule has 0 N–H and O–H groups in total. The summed E-state index contributed by atoms with van der Waals surface area (Å²) < 4.78 is 5.66. The van der Waals surface area contributed by atoms with Gasteiger partial charge in [0, 0.05) is 26.1 Å². The van der Waals surface area contributed by atoms with E-state index in [2.05, 4.69) is 31.2 Å². The van der Waals surface area contributed by atoms with Crippen LogP contribution >= 0.6 is 0 Å². The molecule has 0 heterocycles. The zero-order valence-electron chi connectivity index (χ0n) is 14.7. The van der Waals surface area contributed by atoms with E-state index in [9.17, 15) is 4.79 Å². The summed E-state index contributed by atoms with van der Waals surface area (Å²) in [6.45, 7) is 3.68. The lowest BCUT2D eigenvalue weighted by atomic mass is 9.85. The summed E-state index contributed by atoms with van der Waals surface area (Å²) in [6.07, 6.45) is 7.35. The second kappa shape index (κ2) is 9.71. The minimum absolute atomic E-state index is 0.274. The lowest BCUT2D eigenvalue weighted by Gasteiger charge is -2.36. The molecule has 1 saturated carbocycles. The molecule has 1 amide bonds. The molecule has 1 aromatic carbocycles. The van der Waals surface area contributed by atoms with E-state index in [-0.39, 0.29) is 5.91 Å². The van der Waals surface area contributed by atoms with Crippen molar-refractivity contribution in [2.24, 2.45) is 5.92 Å². The summed E-state index contributed by atoms with van der Waals surface area (Å²) in [5, 5.41) is 0. The number of carbonyl (C=O) groups is 1. The van der Waals surface area contributed by atoms with E-state index in [4.69, 9.17) is 4.74 Å². The van der Waals surface area contributed by atoms with Crippen LogP contribution in [0.15, 0.2) is 30.3 Å². The van der Waals surface area contributed by atoms with Gasteiger partial charge in [0.05, 0.1) is 6.61 Å². The van der Waals surface area contributed by atoms with E-state index >= 15 is 0 Å². The van der Waals surface area contributed by atoms with Crippen LogP contribution < -0.4 is 0 Å². The topological polar surface area (TPSA) is 29.5 Å². The van der Waals surface area contributed by atoms with Crippen LogP contribution in [-0.4, -0.2) is 37.1 Å². The SMILES string of the molecule is CC1CCCCC1N(C)C(=O)CCCOCCc1ccccc1. The number of rotatable bonds is 8. The van der Waals surface area contributed by atoms with E-state index in [0.29, 0.717) is 25.0 Å². The minimum atomic E-state index is 0.274. The highest BCUT2D eigenvalue weighted by Crippen LogP contribution is 2.27. The number of carbonyl (C=O) groups excluding carboxylic acids is 1. The molecular formula is C20H31NO2. The van der Waals surface area contributed by atoms with Crippen molar-refractivity contribution in [2.75, 3.05) is 20.3 Å². The molecule has 1 aliphatic rings. The van der Waals surface area contributed by atoms with Gasteiger partial charge in [0.15, 0.2) is 0 Å². The standard InChI is InChI=1S/C20H31NO2/c1-17-9-6-7-12-19(17)21(2)20(22)13-8-15-23-16-14-18-10-4-3-5-11-18/h3-5,10-11,17,19H,6-9,12-16H2,1-2H3. The fourth-order valence-electron chi connectivity index (χ4n) is 3.50. The maximum atomic E-state index is 12.3. The van der Waals surface area contributed by atoms with Crippen molar-refractivity contribution in [2.45, 2.75) is 57.9 Å². The molecule has 23 heavy (non-hydrogen) atoms. The Morgan fingerprint density at radius 2 is 1.91 bits per heavy atom. The summed E-state index contributed by atoms with van der Waals surface area (Å²) in [7, 11) is 1.98. The second-order valence-electron chi connectivity index (χ2n) is 6.79. The fraction of sp³-hybridized carbons (Fsp3) is 0.650. The Morgan fingerprint density at radius 3 is 2.65 bits per heavy atom. The zero-order valence-corrected chi connectivity index (χ0v) is 14.7. The van der Waals surface area contributed by atoms with Gasteiger partial charge >= 0.3 is 0 Å². The third-order valence-corrected chi connectivity index (χ3v) is 5.01. The second-order valence-corrected chi connectivity index (χ2v) is 6.79. The molecule has 128 valence electrons. The van der Waals surface area contributed by atoms with Crippen molar-refractivity contribution < 1.29 is 9.53 Å². The molecule has 2 atom stereocenters. The van der Waals surface area contributed by atoms with E-state index in [1.165, 1.54) is 24.8 Å². The van der Waals surface area contributed by atoms with Gasteiger partial charge in [-0.25, -0.2) is 0 Å². The molecule has 0 aromatic heterocycles. The third-order valence-electron chi connectivity index (χ3n) is 5.01. The van der Waals surface area contributed by atoms with Gasteiger partial charge in [0.25, 0.3) is 0 Å². The van der Waals surface area contributed by atoms with Gasteiger partial charge in [0.2, 0.25) is 5.91 Å². The maximum absolute atomic E-state index is 12.3. The quantitative estimate of drug-likeness (QED) is 0.677. The van der Waals surface area contributed by atoms with Crippen molar-refractivity contribution in [1.29, 1.82) is 0 Å². The van der Waals surface area contributed by atoms with Crippen molar-refractivity contribution in [3.8, 4) is 0 Å². The monoisotopic (exact) mass is 317 g/mol. The minimum Gasteiger partial charge on any atom is -0.381 e. The third kappa shape index (κ3) is 5.98. The van der Waals surface area contributed by atoms with E-state index < -0.39 is 0 Å². The lowest BCUT2D eigenvalue weighted by molar-refractivity contribution is -0.133. The predicted molar refractivity (Wildman–Crippen MR) is 94.4 cm³/mol. The summed E-state index contributed by atoms with van der Waals surface area (Å²) in [5.41, 5.74) is 1.30. The van der Waals surface area contributed by atoms with Crippen molar-refractivity contribution in [3.63, 3.8) is 0 Å². The smallest absolute Gasteiger partial charge is 0.222 e. The molecule has 0 saturated heterocycles. The molecule has 0 aliphatic heterocycles. The van der Waals surface area contributed by atoms with Gasteiger partial charge in [-0.2, -0.15) is 0 Å². The van der Waals surface area contributed by atoms with E-state index in [1.807, 2.05) is 18.0 Å². The number of hydrogen-bond donors (Lipinski definition) is 0. The number of hydrogen-bond acceptors (Lipinski definition) is 2. The summed E-state index contributed by atoms with van der Waals surface area (Å²) in [5.74, 6) is 0.912. The Bertz CT molecular complexity index is 460. The summed E-state index contributed by atoms with van der Waals surface area (Å²) in [4.78, 5) is 14.3. The molecular weight excluding hydrogens is 286 g/mol. The van der Waals surface area contributed by atoms with Gasteiger partial charge < -0.3 is 9.64 Å². The molecule has 0 bridgehead atoms. The number of amides is 1. The molecule has 0 radical (unpaired) electrons. The van der Waals surface area contributed by atoms with Crippen LogP contribution in [-0.2, 0) is 16.0 Å². The largest absolute Gasteiger partial charge is 0.381 e. The van der Waals surface area contributed by atoms with E-state index in [0.717, 1.165) is 25.9 Å². The molecule has 1 fully saturated rings. The van der Waals surface area contributed by atoms with Crippen LogP contribution in [0, 0.1) is 5.92 Å². The number of benzene rings is 1. The zero-order chi connectivity index (χ0) is 16.5. The predicted octanol–water partition coefficient (Wildman–Crippen LogP) is 4.06. The van der Waals surface area contributed by atoms with Crippen molar-refractivity contribution >= 4 is 5.91 Å². The number of ether oxygens (including phenoxy) is 1. The molecule has 0 spiro atoms. The molecule has 2 rings (SSSR count). The fourth-order valence-corrected chi connectivity index (χ4v) is 3.50. The average Bonchev–Trinajstić information content (AvgIpc) is 2.58. The summed E-state index contributed by atoms with van der Waals surface area (Å²) in [6, 6.07) is 10.8. The molecule has 2 unspecified atom stereocenters. The van der Waals surface area contributed by atoms with Crippen LogP contribution in [0.4, 0.5) is 0 Å². The molecule has 1 aliphatic carbocycles. The van der Waals surface area contributed by atoms with E-state index in [1.54, 1.807) is 0 Å². The molecule has 1 aromatic rings. The molecule has 3 heteroatoms. The Kier molecular flexibility index (Phi) is 7.60. The van der Waals surface area contributed by atoms with Crippen LogP contribution in [0.2, 0.25) is 0 Å². The first-order valence-corrected chi connectivity index (χ1v) is 9.06. The van der Waals surface area contributed by atoms with Crippen LogP contribution in [0.1, 0.15) is 51.0 Å². The normalized spacial score (nSPS) is 21.1. The maximum Gasteiger partial charge on any atom is 0.222 e. The van der Waals surface area contributed by atoms with Crippen molar-refractivity contribution in [1.82, 2.24) is 4.90 Å². The Hall–Kier alpha value is -1.35. The Labute approximate surface area is 141 Å². The lowest BCUT2D eigenvalue weighted by Crippen LogP contribution is -2.42. The summed E-state index contributed by atoms with van der Waals surface area (Å²) >= 11 is 0. The first-order valence-electron chi connectivity index (χ1n) is 9.06. The highest BCUT2D eigenvalue weighted by atomic mass is 16.5. The van der Waals surface area contributed by atoms with Crippen LogP contribution in [0.3, 0.4) is 0 Å². The van der Waals surface area contributed by atoms with Gasteiger partial charge in [-0.15, -0.1) is 0 Å². The van der Waals surface area contributed by atoms with Gasteiger partial charge in [-0.05, 0) is 37.2 Å². The van der Waals surface area contributed by atoms with Gasteiger partial charge in [0.1, 0.15) is 0 Å². The Balaban J connectivity index is 1.57. The number of nitrogens with zero attached hydrogens (tertiary/aromatic N) is 1. The highest BCUT2D eigenvalue weighted by molar-refractivity contribution is 5.76.